The predicted octanol–water partition coefficient (Wildman–Crippen LogP) is 6.68. The summed E-state index contributed by atoms with van der Waals surface area (Å²) in [5, 5.41) is 21.5. The number of hydrogen-bond donors (Lipinski definition) is 4. The molecule has 12 heteroatoms. The third kappa shape index (κ3) is 6.59. The fraction of sp³-hybridized carbons (Fsp3) is 0.0769. The summed E-state index contributed by atoms with van der Waals surface area (Å²) in [5.41, 5.74) is 5.66. The van der Waals surface area contributed by atoms with Gasteiger partial charge in [-0.25, -0.2) is 5.43 Å². The molecule has 0 saturated heterocycles. The zero-order chi connectivity index (χ0) is 27.2. The molecule has 0 atom stereocenters. The van der Waals surface area contributed by atoms with Crippen molar-refractivity contribution in [1.29, 1.82) is 0 Å². The molecule has 0 fully saturated rings. The maximum atomic E-state index is 12.6. The Labute approximate surface area is 237 Å². The lowest BCUT2D eigenvalue weighted by Gasteiger charge is -2.14. The van der Waals surface area contributed by atoms with Gasteiger partial charge in [0.15, 0.2) is 3.95 Å². The van der Waals surface area contributed by atoms with E-state index in [1.807, 2.05) is 24.3 Å². The molecule has 0 aliphatic rings. The number of aromatic hydroxyl groups is 1. The zero-order valence-electron chi connectivity index (χ0n) is 19.9. The lowest BCUT2D eigenvalue weighted by molar-refractivity contribution is -0.120. The molecule has 0 aliphatic heterocycles. The number of carbonyl (C=O) groups excluding carboxylic acids is 2. The van der Waals surface area contributed by atoms with Gasteiger partial charge >= 0.3 is 0 Å². The summed E-state index contributed by atoms with van der Waals surface area (Å²) in [7, 11) is 0. The summed E-state index contributed by atoms with van der Waals surface area (Å²) < 4.78 is 1.86. The highest BCUT2D eigenvalue weighted by molar-refractivity contribution is 7.73. The van der Waals surface area contributed by atoms with E-state index in [-0.39, 0.29) is 24.1 Å². The Morgan fingerprint density at radius 3 is 2.42 bits per heavy atom. The molecular weight excluding hydrogens is 565 g/mol. The summed E-state index contributed by atoms with van der Waals surface area (Å²) in [4.78, 5) is 24.2. The van der Waals surface area contributed by atoms with E-state index < -0.39 is 0 Å². The molecule has 0 aliphatic carbocycles. The van der Waals surface area contributed by atoms with Crippen LogP contribution in [-0.2, 0) is 16.0 Å². The van der Waals surface area contributed by atoms with Crippen molar-refractivity contribution in [3.05, 3.63) is 91.2 Å². The second-order valence-corrected chi connectivity index (χ2v) is 10.5. The van der Waals surface area contributed by atoms with Crippen molar-refractivity contribution in [2.24, 2.45) is 5.10 Å². The molecule has 4 aromatic rings. The summed E-state index contributed by atoms with van der Waals surface area (Å²) in [5.74, 6) is -0.661. The number of rotatable bonds is 8. The molecule has 0 radical (unpaired) electrons. The molecule has 4 rings (SSSR count). The van der Waals surface area contributed by atoms with Gasteiger partial charge in [0.05, 0.1) is 34.1 Å². The average Bonchev–Trinajstić information content (AvgIpc) is 3.15. The number of hydrogen-bond acceptors (Lipinski definition) is 7. The maximum Gasteiger partial charge on any atom is 0.244 e. The van der Waals surface area contributed by atoms with Gasteiger partial charge in [-0.3, -0.25) is 14.2 Å². The molecule has 0 saturated carbocycles. The monoisotopic (exact) mass is 585 g/mol. The average molecular weight is 587 g/mol. The van der Waals surface area contributed by atoms with Gasteiger partial charge in [-0.05, 0) is 60.2 Å². The van der Waals surface area contributed by atoms with Gasteiger partial charge < -0.3 is 15.7 Å². The van der Waals surface area contributed by atoms with Crippen LogP contribution in [0.1, 0.15) is 17.4 Å². The minimum atomic E-state index is -0.364. The van der Waals surface area contributed by atoms with Gasteiger partial charge in [0.2, 0.25) is 17.7 Å². The van der Waals surface area contributed by atoms with Crippen LogP contribution in [-0.4, -0.2) is 27.7 Å². The number of amides is 2. The molecule has 194 valence electrons. The van der Waals surface area contributed by atoms with Crippen LogP contribution in [0.15, 0.2) is 71.8 Å². The van der Waals surface area contributed by atoms with E-state index in [0.717, 1.165) is 11.3 Å². The van der Waals surface area contributed by atoms with Crippen molar-refractivity contribution in [2.75, 3.05) is 10.6 Å². The van der Waals surface area contributed by atoms with E-state index in [2.05, 4.69) is 21.2 Å². The first-order chi connectivity index (χ1) is 18.2. The summed E-state index contributed by atoms with van der Waals surface area (Å²) >= 11 is 19.1. The predicted molar refractivity (Wildman–Crippen MR) is 156 cm³/mol. The molecule has 38 heavy (non-hydrogen) atoms. The first-order valence-corrected chi connectivity index (χ1v) is 13.1. The number of anilines is 3. The van der Waals surface area contributed by atoms with Crippen LogP contribution in [0.3, 0.4) is 0 Å². The molecule has 1 heterocycles. The Bertz CT molecular complexity index is 1560. The van der Waals surface area contributed by atoms with Gasteiger partial charge in [0, 0.05) is 18.3 Å². The smallest absolute Gasteiger partial charge is 0.244 e. The number of hydrazone groups is 1. The Balaban J connectivity index is 1.44. The fourth-order valence-electron chi connectivity index (χ4n) is 3.51. The molecule has 8 nitrogen and oxygen atoms in total. The van der Waals surface area contributed by atoms with Gasteiger partial charge in [0.25, 0.3) is 0 Å². The second kappa shape index (κ2) is 12.2. The van der Waals surface area contributed by atoms with Crippen molar-refractivity contribution in [3.63, 3.8) is 0 Å². The minimum Gasteiger partial charge on any atom is -0.493 e. The molecule has 0 bridgehead atoms. The summed E-state index contributed by atoms with van der Waals surface area (Å²) in [6.45, 7) is 1.42. The van der Waals surface area contributed by atoms with Crippen LogP contribution in [0.2, 0.25) is 10.0 Å². The molecule has 0 unspecified atom stereocenters. The number of benzene rings is 3. The number of aromatic nitrogens is 1. The van der Waals surface area contributed by atoms with Crippen LogP contribution in [0.4, 0.5) is 17.1 Å². The minimum absolute atomic E-state index is 0.0337. The van der Waals surface area contributed by atoms with Crippen molar-refractivity contribution in [3.8, 4) is 11.6 Å². The summed E-state index contributed by atoms with van der Waals surface area (Å²) in [6, 6.07) is 19.3. The molecule has 2 amide bonds. The lowest BCUT2D eigenvalue weighted by Crippen LogP contribution is -2.20. The van der Waals surface area contributed by atoms with Crippen LogP contribution in [0.5, 0.6) is 5.88 Å². The number of nitrogens with one attached hydrogen (secondary N) is 3. The van der Waals surface area contributed by atoms with E-state index in [0.29, 0.717) is 47.2 Å². The van der Waals surface area contributed by atoms with Crippen LogP contribution < -0.4 is 16.1 Å². The SMILES string of the molecule is CC(=O)Nc1ccc(-n2c(O)c(/C=N/NC(=O)Cc3ccccc3Nc3c(Cl)cccc3Cl)sc2=S)cc1. The number of carbonyl (C=O) groups is 2. The van der Waals surface area contributed by atoms with Gasteiger partial charge in [0.1, 0.15) is 4.88 Å². The number of halogens is 2. The van der Waals surface area contributed by atoms with Crippen LogP contribution in [0.25, 0.3) is 5.69 Å². The Morgan fingerprint density at radius 2 is 1.74 bits per heavy atom. The van der Waals surface area contributed by atoms with Crippen molar-refractivity contribution in [1.82, 2.24) is 9.99 Å². The van der Waals surface area contributed by atoms with Gasteiger partial charge in [-0.2, -0.15) is 5.10 Å². The molecule has 1 aromatic heterocycles. The third-order valence-corrected chi connectivity index (χ3v) is 7.15. The Kier molecular flexibility index (Phi) is 8.80. The second-order valence-electron chi connectivity index (χ2n) is 7.97. The topological polar surface area (TPSA) is 108 Å². The van der Waals surface area contributed by atoms with Crippen LogP contribution >= 0.6 is 46.8 Å². The number of para-hydroxylation sites is 2. The first kappa shape index (κ1) is 27.3. The summed E-state index contributed by atoms with van der Waals surface area (Å²) in [6.07, 6.45) is 1.37. The van der Waals surface area contributed by atoms with Crippen molar-refractivity contribution >= 4 is 81.8 Å². The fourth-order valence-corrected chi connectivity index (χ4v) is 5.23. The zero-order valence-corrected chi connectivity index (χ0v) is 23.0. The van der Waals surface area contributed by atoms with Crippen molar-refractivity contribution < 1.29 is 14.7 Å². The van der Waals surface area contributed by atoms with Gasteiger partial charge in [-0.1, -0.05) is 58.8 Å². The highest BCUT2D eigenvalue weighted by atomic mass is 35.5. The third-order valence-electron chi connectivity index (χ3n) is 5.22. The Hall–Kier alpha value is -3.70. The van der Waals surface area contributed by atoms with E-state index in [9.17, 15) is 14.7 Å². The molecule has 3 aromatic carbocycles. The first-order valence-electron chi connectivity index (χ1n) is 11.2. The highest BCUT2D eigenvalue weighted by Gasteiger charge is 2.14. The number of thiazole rings is 1. The van der Waals surface area contributed by atoms with E-state index in [1.54, 1.807) is 42.5 Å². The largest absolute Gasteiger partial charge is 0.493 e. The van der Waals surface area contributed by atoms with E-state index >= 15 is 0 Å². The molecular formula is C26H21Cl2N5O3S2. The van der Waals surface area contributed by atoms with Gasteiger partial charge in [-0.15, -0.1) is 0 Å². The quantitative estimate of drug-likeness (QED) is 0.105. The van der Waals surface area contributed by atoms with Crippen molar-refractivity contribution in [2.45, 2.75) is 13.3 Å². The molecule has 0 spiro atoms. The maximum absolute atomic E-state index is 12.6. The highest BCUT2D eigenvalue weighted by Crippen LogP contribution is 2.34. The molecule has 4 N–H and O–H groups in total. The van der Waals surface area contributed by atoms with E-state index in [4.69, 9.17) is 35.4 Å². The normalized spacial score (nSPS) is 10.9. The number of nitrogens with zero attached hydrogens (tertiary/aromatic N) is 2. The lowest BCUT2D eigenvalue weighted by atomic mass is 10.1. The van der Waals surface area contributed by atoms with Crippen LogP contribution in [0, 0.1) is 3.95 Å². The van der Waals surface area contributed by atoms with E-state index in [1.165, 1.54) is 17.7 Å². The Morgan fingerprint density at radius 1 is 1.05 bits per heavy atom. The standard InChI is InChI=1S/C26H21Cl2N5O3S2/c1-15(34)30-17-9-11-18(12-10-17)33-25(36)22(38-26(33)37)14-29-32-23(35)13-16-5-2-3-8-21(16)31-24-19(27)6-4-7-20(24)28/h2-12,14,31,36H,13H2,1H3,(H,30,34)(H,32,35)/b29-14+.